The Hall–Kier alpha value is -3.38. The van der Waals surface area contributed by atoms with Crippen LogP contribution in [-0.4, -0.2) is 15.3 Å². The molecule has 2 heterocycles. The number of rotatable bonds is 1. The van der Waals surface area contributed by atoms with Gasteiger partial charge in [-0.05, 0) is 11.6 Å². The highest BCUT2D eigenvalue weighted by molar-refractivity contribution is 6.32. The molecule has 1 atom stereocenters. The van der Waals surface area contributed by atoms with E-state index in [1.165, 1.54) is 4.57 Å². The van der Waals surface area contributed by atoms with Crippen LogP contribution in [0.4, 0.5) is 5.82 Å². The number of aromatic nitrogens is 2. The van der Waals surface area contributed by atoms with Gasteiger partial charge in [-0.1, -0.05) is 54.1 Å². The number of anilines is 1. The first-order valence-corrected chi connectivity index (χ1v) is 9.09. The summed E-state index contributed by atoms with van der Waals surface area (Å²) in [5.41, 5.74) is 2.26. The molecule has 7 heteroatoms. The van der Waals surface area contributed by atoms with Crippen LogP contribution in [0.1, 0.15) is 33.0 Å². The molecule has 2 aromatic carbocycles. The Morgan fingerprint density at radius 2 is 1.64 bits per heavy atom. The average Bonchev–Trinajstić information content (AvgIpc) is 2.98. The van der Waals surface area contributed by atoms with E-state index in [1.807, 2.05) is 18.2 Å². The maximum atomic E-state index is 13.3. The minimum atomic E-state index is -0.685. The predicted molar refractivity (Wildman–Crippen MR) is 107 cm³/mol. The zero-order valence-electron chi connectivity index (χ0n) is 14.7. The van der Waals surface area contributed by atoms with Gasteiger partial charge < -0.3 is 5.32 Å². The monoisotopic (exact) mass is 391 g/mol. The topological polar surface area (TPSA) is 84.0 Å². The van der Waals surface area contributed by atoms with Gasteiger partial charge in [0.15, 0.2) is 5.78 Å². The number of hydrogen-bond acceptors (Lipinski definition) is 4. The SMILES string of the molecule is Cn1c2c(c(=O)[nH]c1=O)[C@@H](c1ccccc1Cl)C1=C(N2)c2ccccc2C1=O. The lowest BCUT2D eigenvalue weighted by molar-refractivity contribution is 0.103. The summed E-state index contributed by atoms with van der Waals surface area (Å²) in [5.74, 6) is -0.473. The van der Waals surface area contributed by atoms with Crippen LogP contribution in [0.3, 0.4) is 0 Å². The van der Waals surface area contributed by atoms with Gasteiger partial charge in [-0.2, -0.15) is 0 Å². The van der Waals surface area contributed by atoms with E-state index < -0.39 is 17.2 Å². The third-order valence-electron chi connectivity index (χ3n) is 5.35. The van der Waals surface area contributed by atoms with Crippen molar-refractivity contribution < 1.29 is 4.79 Å². The van der Waals surface area contributed by atoms with Gasteiger partial charge in [0.05, 0.1) is 17.2 Å². The van der Waals surface area contributed by atoms with Gasteiger partial charge in [0, 0.05) is 28.8 Å². The van der Waals surface area contributed by atoms with Crippen molar-refractivity contribution in [3.8, 4) is 0 Å². The molecule has 6 nitrogen and oxygen atoms in total. The zero-order valence-corrected chi connectivity index (χ0v) is 15.5. The number of benzene rings is 2. The largest absolute Gasteiger partial charge is 0.340 e. The third kappa shape index (κ3) is 2.12. The summed E-state index contributed by atoms with van der Waals surface area (Å²) in [6.07, 6.45) is 0. The number of nitrogens with zero attached hydrogens (tertiary/aromatic N) is 1. The Bertz CT molecular complexity index is 1330. The van der Waals surface area contributed by atoms with Crippen molar-refractivity contribution in [3.63, 3.8) is 0 Å². The lowest BCUT2D eigenvalue weighted by atomic mass is 9.81. The van der Waals surface area contributed by atoms with E-state index in [-0.39, 0.29) is 5.78 Å². The number of halogens is 1. The number of fused-ring (bicyclic) bond motifs is 3. The highest BCUT2D eigenvalue weighted by atomic mass is 35.5. The van der Waals surface area contributed by atoms with Crippen LogP contribution in [0.25, 0.3) is 5.70 Å². The molecular formula is C21H14ClN3O3. The molecule has 0 saturated heterocycles. The first-order chi connectivity index (χ1) is 13.5. The molecule has 0 unspecified atom stereocenters. The Kier molecular flexibility index (Phi) is 3.48. The minimum absolute atomic E-state index is 0.151. The second-order valence-corrected chi connectivity index (χ2v) is 7.23. The molecule has 0 radical (unpaired) electrons. The van der Waals surface area contributed by atoms with Gasteiger partial charge >= 0.3 is 5.69 Å². The van der Waals surface area contributed by atoms with Crippen LogP contribution in [0.15, 0.2) is 63.7 Å². The number of allylic oxidation sites excluding steroid dienone is 1. The fourth-order valence-electron chi connectivity index (χ4n) is 4.05. The highest BCUT2D eigenvalue weighted by Crippen LogP contribution is 2.48. The van der Waals surface area contributed by atoms with E-state index >= 15 is 0 Å². The molecule has 138 valence electrons. The van der Waals surface area contributed by atoms with Crippen molar-refractivity contribution >= 4 is 28.9 Å². The first-order valence-electron chi connectivity index (χ1n) is 8.72. The molecule has 1 aliphatic carbocycles. The molecule has 0 saturated carbocycles. The van der Waals surface area contributed by atoms with Gasteiger partial charge in [-0.15, -0.1) is 0 Å². The van der Waals surface area contributed by atoms with Crippen LogP contribution < -0.4 is 16.6 Å². The fourth-order valence-corrected chi connectivity index (χ4v) is 4.30. The molecule has 2 N–H and O–H groups in total. The third-order valence-corrected chi connectivity index (χ3v) is 5.70. The smallest absolute Gasteiger partial charge is 0.329 e. The van der Waals surface area contributed by atoms with Crippen LogP contribution >= 0.6 is 11.6 Å². The Labute approximate surface area is 164 Å². The quantitative estimate of drug-likeness (QED) is 0.668. The van der Waals surface area contributed by atoms with Crippen molar-refractivity contribution in [1.29, 1.82) is 0 Å². The number of carbonyl (C=O) groups is 1. The predicted octanol–water partition coefficient (Wildman–Crippen LogP) is 2.89. The summed E-state index contributed by atoms with van der Waals surface area (Å²) < 4.78 is 1.34. The van der Waals surface area contributed by atoms with E-state index in [2.05, 4.69) is 10.3 Å². The van der Waals surface area contributed by atoms with Crippen molar-refractivity contribution in [2.45, 2.75) is 5.92 Å². The number of H-pyrrole nitrogens is 1. The van der Waals surface area contributed by atoms with Gasteiger partial charge in [-0.3, -0.25) is 19.1 Å². The Morgan fingerprint density at radius 1 is 0.964 bits per heavy atom. The molecule has 5 rings (SSSR count). The highest BCUT2D eigenvalue weighted by Gasteiger charge is 2.42. The van der Waals surface area contributed by atoms with E-state index in [1.54, 1.807) is 37.4 Å². The number of Topliss-reactive ketones (excluding diaryl/α,β-unsaturated/α-hetero) is 1. The second kappa shape index (κ2) is 5.81. The summed E-state index contributed by atoms with van der Waals surface area (Å²) in [5, 5.41) is 3.62. The van der Waals surface area contributed by atoms with Gasteiger partial charge in [0.1, 0.15) is 5.82 Å². The number of aromatic amines is 1. The van der Waals surface area contributed by atoms with Gasteiger partial charge in [0.2, 0.25) is 0 Å². The normalized spacial score (nSPS) is 17.1. The molecule has 0 spiro atoms. The van der Waals surface area contributed by atoms with Crippen LogP contribution in [0.2, 0.25) is 5.02 Å². The van der Waals surface area contributed by atoms with Crippen LogP contribution in [-0.2, 0) is 7.05 Å². The summed E-state index contributed by atoms with van der Waals surface area (Å²) in [7, 11) is 1.57. The first kappa shape index (κ1) is 16.8. The number of nitrogens with one attached hydrogen (secondary N) is 2. The molecule has 0 amide bonds. The second-order valence-electron chi connectivity index (χ2n) is 6.82. The maximum Gasteiger partial charge on any atom is 0.329 e. The van der Waals surface area contributed by atoms with Gasteiger partial charge in [0.25, 0.3) is 5.56 Å². The number of carbonyl (C=O) groups excluding carboxylic acids is 1. The number of ketones is 1. The van der Waals surface area contributed by atoms with E-state index in [0.29, 0.717) is 38.8 Å². The van der Waals surface area contributed by atoms with Crippen LogP contribution in [0, 0.1) is 0 Å². The van der Waals surface area contributed by atoms with Crippen molar-refractivity contribution in [1.82, 2.24) is 9.55 Å². The lowest BCUT2D eigenvalue weighted by Crippen LogP contribution is -2.37. The van der Waals surface area contributed by atoms with Crippen molar-refractivity contribution in [2.24, 2.45) is 7.05 Å². The van der Waals surface area contributed by atoms with Crippen LogP contribution in [0.5, 0.6) is 0 Å². The lowest BCUT2D eigenvalue weighted by Gasteiger charge is -2.29. The molecule has 1 aromatic heterocycles. The zero-order chi connectivity index (χ0) is 19.6. The summed E-state index contributed by atoms with van der Waals surface area (Å²) >= 11 is 6.46. The molecule has 0 bridgehead atoms. The summed E-state index contributed by atoms with van der Waals surface area (Å²) in [6.45, 7) is 0. The summed E-state index contributed by atoms with van der Waals surface area (Å²) in [4.78, 5) is 40.6. The molecule has 2 aliphatic rings. The minimum Gasteiger partial charge on any atom is -0.340 e. The van der Waals surface area contributed by atoms with E-state index in [9.17, 15) is 14.4 Å². The standard InChI is InChI=1S/C21H14ClN3O3/c1-25-19-16(20(27)24-21(25)28)14(12-8-4-5-9-13(12)22)15-17(23-19)10-6-2-3-7-11(10)18(15)26/h2-9,14,23H,1H3,(H,24,27,28)/t14-/m0/s1. The number of hydrogen-bond donors (Lipinski definition) is 2. The van der Waals surface area contributed by atoms with E-state index in [0.717, 1.165) is 5.56 Å². The van der Waals surface area contributed by atoms with Crippen molar-refractivity contribution in [2.75, 3.05) is 5.32 Å². The maximum absolute atomic E-state index is 13.3. The Morgan fingerprint density at radius 3 is 2.39 bits per heavy atom. The molecule has 3 aromatic rings. The molecule has 0 fully saturated rings. The average molecular weight is 392 g/mol. The fraction of sp³-hybridized carbons (Fsp3) is 0.0952. The van der Waals surface area contributed by atoms with E-state index in [4.69, 9.17) is 11.6 Å². The molecular weight excluding hydrogens is 378 g/mol. The summed E-state index contributed by atoms with van der Waals surface area (Å²) in [6, 6.07) is 14.4. The van der Waals surface area contributed by atoms with Gasteiger partial charge in [-0.25, -0.2) is 4.79 Å². The molecule has 28 heavy (non-hydrogen) atoms. The molecule has 1 aliphatic heterocycles. The Balaban J connectivity index is 1.90. The van der Waals surface area contributed by atoms with Crippen molar-refractivity contribution in [3.05, 3.63) is 102 Å².